The molecule has 2 aromatic rings. The van der Waals surface area contributed by atoms with Crippen molar-refractivity contribution >= 4 is 23.0 Å². The number of rotatable bonds is 7. The van der Waals surface area contributed by atoms with Crippen LogP contribution in [0.15, 0.2) is 58.8 Å². The van der Waals surface area contributed by atoms with Crippen LogP contribution >= 0.6 is 0 Å². The van der Waals surface area contributed by atoms with Crippen LogP contribution in [0.5, 0.6) is 0 Å². The quantitative estimate of drug-likeness (QED) is 0.462. The summed E-state index contributed by atoms with van der Waals surface area (Å²) in [6, 6.07) is 15.1. The number of benzene rings is 2. The number of carbonyl (C=O) groups excluding carboxylic acids is 1. The Labute approximate surface area is 136 Å². The van der Waals surface area contributed by atoms with Crippen molar-refractivity contribution in [2.75, 3.05) is 12.3 Å². The fourth-order valence-electron chi connectivity index (χ4n) is 2.06. The van der Waals surface area contributed by atoms with Gasteiger partial charge in [0.05, 0.1) is 18.0 Å². The maximum absolute atomic E-state index is 11.4. The summed E-state index contributed by atoms with van der Waals surface area (Å²) in [5.41, 5.74) is 8.98. The van der Waals surface area contributed by atoms with Crippen molar-refractivity contribution in [2.45, 2.75) is 26.2 Å². The first kappa shape index (κ1) is 16.7. The molecule has 0 amide bonds. The van der Waals surface area contributed by atoms with Crippen molar-refractivity contribution in [1.82, 2.24) is 0 Å². The summed E-state index contributed by atoms with van der Waals surface area (Å²) in [6.07, 6.45) is 1.80. The third kappa shape index (κ3) is 5.21. The number of hydrogen-bond donors (Lipinski definition) is 1. The Morgan fingerprint density at radius 2 is 1.87 bits per heavy atom. The molecule has 0 atom stereocenters. The van der Waals surface area contributed by atoms with Gasteiger partial charge >= 0.3 is 5.97 Å². The monoisotopic (exact) mass is 311 g/mol. The van der Waals surface area contributed by atoms with E-state index in [-0.39, 0.29) is 5.97 Å². The van der Waals surface area contributed by atoms with Gasteiger partial charge in [0.15, 0.2) is 0 Å². The van der Waals surface area contributed by atoms with Crippen molar-refractivity contribution < 1.29 is 9.53 Å². The lowest BCUT2D eigenvalue weighted by molar-refractivity contribution is -0.143. The fourth-order valence-corrected chi connectivity index (χ4v) is 2.06. The Kier molecular flexibility index (Phi) is 6.29. The fraction of sp³-hybridized carbons (Fsp3) is 0.278. The summed E-state index contributed by atoms with van der Waals surface area (Å²) in [5, 5.41) is 8.37. The zero-order valence-corrected chi connectivity index (χ0v) is 13.2. The van der Waals surface area contributed by atoms with Crippen LogP contribution in [-0.2, 0) is 16.0 Å². The van der Waals surface area contributed by atoms with E-state index in [2.05, 4.69) is 10.2 Å². The molecule has 0 heterocycles. The molecule has 2 rings (SSSR count). The van der Waals surface area contributed by atoms with E-state index in [0.29, 0.717) is 30.8 Å². The zero-order chi connectivity index (χ0) is 16.5. The molecule has 0 aliphatic heterocycles. The number of nitrogens with two attached hydrogens (primary N) is 1. The number of azo groups is 1. The Bertz CT molecular complexity index is 669. The molecule has 0 radical (unpaired) electrons. The highest BCUT2D eigenvalue weighted by molar-refractivity contribution is 5.69. The molecule has 0 unspecified atom stereocenters. The van der Waals surface area contributed by atoms with Crippen LogP contribution < -0.4 is 5.73 Å². The van der Waals surface area contributed by atoms with Crippen LogP contribution in [0, 0.1) is 0 Å². The highest BCUT2D eigenvalue weighted by Gasteiger charge is 2.06. The molecule has 5 nitrogen and oxygen atoms in total. The van der Waals surface area contributed by atoms with Crippen molar-refractivity contribution in [3.8, 4) is 0 Å². The second kappa shape index (κ2) is 8.68. The van der Waals surface area contributed by atoms with E-state index in [0.717, 1.165) is 17.7 Å². The predicted octanol–water partition coefficient (Wildman–Crippen LogP) is 4.57. The van der Waals surface area contributed by atoms with Crippen LogP contribution in [0.3, 0.4) is 0 Å². The van der Waals surface area contributed by atoms with Gasteiger partial charge in [0.2, 0.25) is 0 Å². The van der Waals surface area contributed by atoms with Crippen LogP contribution in [0.2, 0.25) is 0 Å². The second-order valence-electron chi connectivity index (χ2n) is 5.11. The molecule has 23 heavy (non-hydrogen) atoms. The molecule has 0 saturated heterocycles. The lowest BCUT2D eigenvalue weighted by Gasteiger charge is -2.08. The van der Waals surface area contributed by atoms with Gasteiger partial charge in [-0.2, -0.15) is 5.11 Å². The van der Waals surface area contributed by atoms with E-state index < -0.39 is 0 Å². The van der Waals surface area contributed by atoms with Gasteiger partial charge < -0.3 is 10.5 Å². The maximum Gasteiger partial charge on any atom is 0.305 e. The smallest absolute Gasteiger partial charge is 0.305 e. The van der Waals surface area contributed by atoms with Gasteiger partial charge in [-0.15, -0.1) is 5.11 Å². The minimum absolute atomic E-state index is 0.175. The van der Waals surface area contributed by atoms with Crippen molar-refractivity contribution in [3.63, 3.8) is 0 Å². The largest absolute Gasteiger partial charge is 0.465 e. The number of nitrogen functional groups attached to an aromatic ring is 1. The highest BCUT2D eigenvalue weighted by atomic mass is 16.5. The summed E-state index contributed by atoms with van der Waals surface area (Å²) in [6.45, 7) is 2.27. The molecule has 120 valence electrons. The second-order valence-corrected chi connectivity index (χ2v) is 5.11. The predicted molar refractivity (Wildman–Crippen MR) is 91.0 cm³/mol. The minimum atomic E-state index is -0.175. The van der Waals surface area contributed by atoms with E-state index in [1.807, 2.05) is 55.5 Å². The molecule has 5 heteroatoms. The van der Waals surface area contributed by atoms with E-state index in [1.54, 1.807) is 0 Å². The molecule has 0 bridgehead atoms. The van der Waals surface area contributed by atoms with Crippen LogP contribution in [0.25, 0.3) is 0 Å². The number of carbonyl (C=O) groups is 1. The molecule has 0 saturated carbocycles. The summed E-state index contributed by atoms with van der Waals surface area (Å²) >= 11 is 0. The topological polar surface area (TPSA) is 77.0 Å². The average Bonchev–Trinajstić information content (AvgIpc) is 2.56. The Hall–Kier alpha value is -2.69. The molecule has 0 fully saturated rings. The number of ether oxygens (including phenoxy) is 1. The van der Waals surface area contributed by atoms with E-state index in [9.17, 15) is 4.79 Å². The number of anilines is 1. The van der Waals surface area contributed by atoms with Gasteiger partial charge in [-0.3, -0.25) is 4.79 Å². The summed E-state index contributed by atoms with van der Waals surface area (Å²) < 4.78 is 5.16. The highest BCUT2D eigenvalue weighted by Crippen LogP contribution is 2.27. The van der Waals surface area contributed by atoms with Gasteiger partial charge in [-0.05, 0) is 30.2 Å². The third-order valence-corrected chi connectivity index (χ3v) is 3.29. The van der Waals surface area contributed by atoms with Crippen LogP contribution in [0.1, 0.15) is 25.3 Å². The van der Waals surface area contributed by atoms with Crippen LogP contribution in [-0.4, -0.2) is 12.6 Å². The molecule has 0 aliphatic rings. The Morgan fingerprint density at radius 3 is 2.61 bits per heavy atom. The lowest BCUT2D eigenvalue weighted by atomic mass is 10.1. The average molecular weight is 311 g/mol. The molecular formula is C18H21N3O2. The SMILES string of the molecule is CCCC(=O)OCCc1cccc(N=Nc2ccccc2)c1N. The van der Waals surface area contributed by atoms with Crippen molar-refractivity contribution in [2.24, 2.45) is 10.2 Å². The van der Waals surface area contributed by atoms with E-state index in [1.165, 1.54) is 0 Å². The van der Waals surface area contributed by atoms with Crippen molar-refractivity contribution in [3.05, 3.63) is 54.1 Å². The first-order chi connectivity index (χ1) is 11.2. The first-order valence-corrected chi connectivity index (χ1v) is 7.70. The van der Waals surface area contributed by atoms with E-state index in [4.69, 9.17) is 10.5 Å². The number of para-hydroxylation sites is 1. The summed E-state index contributed by atoms with van der Waals surface area (Å²) in [5.74, 6) is -0.175. The maximum atomic E-state index is 11.4. The summed E-state index contributed by atoms with van der Waals surface area (Å²) in [7, 11) is 0. The molecular weight excluding hydrogens is 290 g/mol. The van der Waals surface area contributed by atoms with E-state index >= 15 is 0 Å². The number of hydrogen-bond acceptors (Lipinski definition) is 5. The third-order valence-electron chi connectivity index (χ3n) is 3.29. The molecule has 0 spiro atoms. The minimum Gasteiger partial charge on any atom is -0.465 e. The number of nitrogens with zero attached hydrogens (tertiary/aromatic N) is 2. The standard InChI is InChI=1S/C18H21N3O2/c1-2-7-17(22)23-13-12-14-8-6-11-16(18(14)19)21-20-15-9-4-3-5-10-15/h3-6,8-11H,2,7,12-13,19H2,1H3. The van der Waals surface area contributed by atoms with Gasteiger partial charge in [-0.25, -0.2) is 0 Å². The first-order valence-electron chi connectivity index (χ1n) is 7.70. The van der Waals surface area contributed by atoms with Gasteiger partial charge in [0.25, 0.3) is 0 Å². The zero-order valence-electron chi connectivity index (χ0n) is 13.2. The molecule has 0 aliphatic carbocycles. The summed E-state index contributed by atoms with van der Waals surface area (Å²) in [4.78, 5) is 11.4. The van der Waals surface area contributed by atoms with Gasteiger partial charge in [0, 0.05) is 12.8 Å². The van der Waals surface area contributed by atoms with Crippen LogP contribution in [0.4, 0.5) is 17.1 Å². The molecule has 0 aromatic heterocycles. The Balaban J connectivity index is 2.00. The molecule has 2 N–H and O–H groups in total. The lowest BCUT2D eigenvalue weighted by Crippen LogP contribution is -2.08. The molecule has 2 aromatic carbocycles. The van der Waals surface area contributed by atoms with Gasteiger partial charge in [0.1, 0.15) is 5.69 Å². The van der Waals surface area contributed by atoms with Crippen molar-refractivity contribution in [1.29, 1.82) is 0 Å². The number of esters is 1. The normalized spacial score (nSPS) is 10.8. The van der Waals surface area contributed by atoms with Gasteiger partial charge in [-0.1, -0.05) is 37.3 Å². The Morgan fingerprint density at radius 1 is 1.09 bits per heavy atom.